The molecule has 4 nitrogen and oxygen atoms in total. The predicted molar refractivity (Wildman–Crippen MR) is 54.3 cm³/mol. The number of carboxylic acid groups (broad SMARTS) is 1. The van der Waals surface area contributed by atoms with E-state index in [0.29, 0.717) is 6.04 Å². The summed E-state index contributed by atoms with van der Waals surface area (Å²) in [6, 6.07) is 0.399. The van der Waals surface area contributed by atoms with Crippen LogP contribution in [-0.2, 0) is 9.59 Å². The van der Waals surface area contributed by atoms with Gasteiger partial charge >= 0.3 is 5.97 Å². The second-order valence-corrected chi connectivity index (χ2v) is 4.55. The molecule has 0 bridgehead atoms. The lowest BCUT2D eigenvalue weighted by atomic mass is 10.0. The van der Waals surface area contributed by atoms with E-state index in [-0.39, 0.29) is 18.2 Å². The number of carbonyl (C=O) groups is 2. The number of nitrogens with zero attached hydrogens (tertiary/aromatic N) is 1. The van der Waals surface area contributed by atoms with Gasteiger partial charge in [-0.2, -0.15) is 0 Å². The van der Waals surface area contributed by atoms with Crippen LogP contribution in [0.5, 0.6) is 0 Å². The smallest absolute Gasteiger partial charge is 0.304 e. The van der Waals surface area contributed by atoms with Gasteiger partial charge in [0, 0.05) is 12.6 Å². The molecule has 84 valence electrons. The minimum Gasteiger partial charge on any atom is -0.481 e. The summed E-state index contributed by atoms with van der Waals surface area (Å²) in [5.74, 6) is -1.05. The molecule has 2 fully saturated rings. The number of hydrogen-bond acceptors (Lipinski definition) is 2. The van der Waals surface area contributed by atoms with Crippen molar-refractivity contribution in [2.75, 3.05) is 6.54 Å². The lowest BCUT2D eigenvalue weighted by molar-refractivity contribution is -0.142. The molecule has 0 aromatic heterocycles. The second-order valence-electron chi connectivity index (χ2n) is 4.55. The summed E-state index contributed by atoms with van der Waals surface area (Å²) < 4.78 is 0. The van der Waals surface area contributed by atoms with Gasteiger partial charge in [-0.15, -0.1) is 0 Å². The molecule has 1 N–H and O–H groups in total. The van der Waals surface area contributed by atoms with E-state index in [2.05, 4.69) is 0 Å². The van der Waals surface area contributed by atoms with Gasteiger partial charge in [0.2, 0.25) is 5.91 Å². The molecule has 1 aliphatic heterocycles. The highest BCUT2D eigenvalue weighted by Gasteiger charge is 2.37. The van der Waals surface area contributed by atoms with Crippen LogP contribution in [0.4, 0.5) is 0 Å². The van der Waals surface area contributed by atoms with E-state index >= 15 is 0 Å². The maximum absolute atomic E-state index is 11.9. The fourth-order valence-electron chi connectivity index (χ4n) is 2.74. The van der Waals surface area contributed by atoms with Crippen LogP contribution < -0.4 is 0 Å². The Balaban J connectivity index is 1.94. The lowest BCUT2D eigenvalue weighted by Crippen LogP contribution is -2.36. The van der Waals surface area contributed by atoms with Gasteiger partial charge in [-0.25, -0.2) is 0 Å². The molecule has 1 unspecified atom stereocenters. The van der Waals surface area contributed by atoms with E-state index in [1.165, 1.54) is 12.8 Å². The number of carboxylic acids is 1. The number of likely N-dealkylation sites (tertiary alicyclic amines) is 1. The third kappa shape index (κ3) is 2.13. The Morgan fingerprint density at radius 2 is 2.00 bits per heavy atom. The number of amides is 1. The standard InChI is InChI=1S/C11H17NO3/c13-10(14)7-8-5-6-12(11(8)15)9-3-1-2-4-9/h8-9H,1-7H2,(H,13,14). The molecule has 4 heteroatoms. The van der Waals surface area contributed by atoms with Crippen LogP contribution >= 0.6 is 0 Å². The zero-order chi connectivity index (χ0) is 10.8. The monoisotopic (exact) mass is 211 g/mol. The first-order valence-corrected chi connectivity index (χ1v) is 5.71. The van der Waals surface area contributed by atoms with Gasteiger partial charge in [0.15, 0.2) is 0 Å². The summed E-state index contributed by atoms with van der Waals surface area (Å²) >= 11 is 0. The van der Waals surface area contributed by atoms with Crippen LogP contribution in [0.15, 0.2) is 0 Å². The van der Waals surface area contributed by atoms with Crippen molar-refractivity contribution in [1.82, 2.24) is 4.90 Å². The van der Waals surface area contributed by atoms with E-state index in [1.807, 2.05) is 4.90 Å². The van der Waals surface area contributed by atoms with Crippen LogP contribution in [0.25, 0.3) is 0 Å². The fraction of sp³-hybridized carbons (Fsp3) is 0.818. The average molecular weight is 211 g/mol. The Hall–Kier alpha value is -1.06. The SMILES string of the molecule is O=C(O)CC1CCN(C2CCCC2)C1=O. The maximum Gasteiger partial charge on any atom is 0.304 e. The Bertz CT molecular complexity index is 271. The van der Waals surface area contributed by atoms with E-state index in [9.17, 15) is 9.59 Å². The summed E-state index contributed by atoms with van der Waals surface area (Å²) in [4.78, 5) is 24.4. The zero-order valence-corrected chi connectivity index (χ0v) is 8.82. The van der Waals surface area contributed by atoms with Crippen molar-refractivity contribution >= 4 is 11.9 Å². The van der Waals surface area contributed by atoms with E-state index in [1.54, 1.807) is 0 Å². The lowest BCUT2D eigenvalue weighted by Gasteiger charge is -2.23. The maximum atomic E-state index is 11.9. The molecule has 0 aromatic rings. The van der Waals surface area contributed by atoms with Crippen LogP contribution in [0.1, 0.15) is 38.5 Å². The minimum absolute atomic E-state index is 0.00204. The van der Waals surface area contributed by atoms with E-state index < -0.39 is 5.97 Å². The highest BCUT2D eigenvalue weighted by molar-refractivity contribution is 5.85. The number of carbonyl (C=O) groups excluding carboxylic acids is 1. The van der Waals surface area contributed by atoms with Gasteiger partial charge in [-0.05, 0) is 19.3 Å². The minimum atomic E-state index is -0.860. The first-order chi connectivity index (χ1) is 7.18. The topological polar surface area (TPSA) is 57.6 Å². The molecule has 1 saturated heterocycles. The fourth-order valence-corrected chi connectivity index (χ4v) is 2.74. The molecule has 0 spiro atoms. The van der Waals surface area contributed by atoms with Gasteiger partial charge in [-0.3, -0.25) is 9.59 Å². The predicted octanol–water partition coefficient (Wildman–Crippen LogP) is 1.25. The van der Waals surface area contributed by atoms with Gasteiger partial charge < -0.3 is 10.0 Å². The summed E-state index contributed by atoms with van der Waals surface area (Å²) in [5, 5.41) is 8.67. The van der Waals surface area contributed by atoms with Gasteiger partial charge in [0.05, 0.1) is 12.3 Å². The first-order valence-electron chi connectivity index (χ1n) is 5.71. The molecule has 1 aliphatic carbocycles. The molecule has 2 aliphatic rings. The summed E-state index contributed by atoms with van der Waals surface area (Å²) in [7, 11) is 0. The number of hydrogen-bond donors (Lipinski definition) is 1. The first kappa shape index (κ1) is 10.5. The Morgan fingerprint density at radius 3 is 2.60 bits per heavy atom. The molecule has 1 heterocycles. The molecule has 1 amide bonds. The van der Waals surface area contributed by atoms with E-state index in [0.717, 1.165) is 25.8 Å². The van der Waals surface area contributed by atoms with Crippen molar-refractivity contribution in [3.8, 4) is 0 Å². The van der Waals surface area contributed by atoms with Gasteiger partial charge in [-0.1, -0.05) is 12.8 Å². The largest absolute Gasteiger partial charge is 0.481 e. The zero-order valence-electron chi connectivity index (χ0n) is 8.82. The number of aliphatic carboxylic acids is 1. The van der Waals surface area contributed by atoms with Crippen molar-refractivity contribution in [2.24, 2.45) is 5.92 Å². The summed E-state index contributed by atoms with van der Waals surface area (Å²) in [5.41, 5.74) is 0. The Morgan fingerprint density at radius 1 is 1.33 bits per heavy atom. The van der Waals surface area contributed by atoms with Crippen LogP contribution in [0, 0.1) is 5.92 Å². The molecule has 15 heavy (non-hydrogen) atoms. The van der Waals surface area contributed by atoms with Crippen LogP contribution in [-0.4, -0.2) is 34.5 Å². The molecule has 1 atom stereocenters. The molecule has 2 rings (SSSR count). The van der Waals surface area contributed by atoms with E-state index in [4.69, 9.17) is 5.11 Å². The van der Waals surface area contributed by atoms with Crippen molar-refractivity contribution < 1.29 is 14.7 Å². The molecule has 1 saturated carbocycles. The van der Waals surface area contributed by atoms with Gasteiger partial charge in [0.1, 0.15) is 0 Å². The third-order valence-corrected chi connectivity index (χ3v) is 3.54. The molecule has 0 radical (unpaired) electrons. The van der Waals surface area contributed by atoms with Crippen LogP contribution in [0.2, 0.25) is 0 Å². The molecular weight excluding hydrogens is 194 g/mol. The average Bonchev–Trinajstić information content (AvgIpc) is 2.76. The summed E-state index contributed by atoms with van der Waals surface area (Å²) in [6.07, 6.45) is 5.34. The normalized spacial score (nSPS) is 27.6. The van der Waals surface area contributed by atoms with Crippen molar-refractivity contribution in [2.45, 2.75) is 44.6 Å². The molecule has 0 aromatic carbocycles. The Labute approximate surface area is 89.3 Å². The van der Waals surface area contributed by atoms with Crippen molar-refractivity contribution in [3.63, 3.8) is 0 Å². The second kappa shape index (κ2) is 4.21. The highest BCUT2D eigenvalue weighted by atomic mass is 16.4. The third-order valence-electron chi connectivity index (χ3n) is 3.54. The Kier molecular flexibility index (Phi) is 2.93. The highest BCUT2D eigenvalue weighted by Crippen LogP contribution is 2.30. The van der Waals surface area contributed by atoms with Crippen molar-refractivity contribution in [3.05, 3.63) is 0 Å². The number of rotatable bonds is 3. The van der Waals surface area contributed by atoms with Crippen molar-refractivity contribution in [1.29, 1.82) is 0 Å². The summed E-state index contributed by atoms with van der Waals surface area (Å²) in [6.45, 7) is 0.765. The van der Waals surface area contributed by atoms with Gasteiger partial charge in [0.25, 0.3) is 0 Å². The van der Waals surface area contributed by atoms with Crippen LogP contribution in [0.3, 0.4) is 0 Å². The molecular formula is C11H17NO3. The quantitative estimate of drug-likeness (QED) is 0.764.